The monoisotopic (exact) mass is 477 g/mol. The van der Waals surface area contributed by atoms with Crippen LogP contribution in [0.2, 0.25) is 0 Å². The summed E-state index contributed by atoms with van der Waals surface area (Å²) in [4.78, 5) is 24.1. The lowest BCUT2D eigenvalue weighted by Gasteiger charge is -2.09. The molecule has 0 saturated heterocycles. The van der Waals surface area contributed by atoms with Crippen molar-refractivity contribution in [1.82, 2.24) is 15.0 Å². The standard InChI is InChI=1S/C23H20BrN5O2/c24-17-3-5-18(6-4-17)28-23-27-14-16-13-19(7-8-20(16)29-23)31-11-1-2-15-9-10-26-21(12-15)22(25)30/h3-10,12-14H,1-2,11H2,(H2,25,30)(H,27,28,29). The normalized spacial score (nSPS) is 10.7. The first kappa shape index (κ1) is 20.7. The molecule has 8 heteroatoms. The van der Waals surface area contributed by atoms with E-state index in [4.69, 9.17) is 10.5 Å². The molecule has 0 spiro atoms. The fourth-order valence-electron chi connectivity index (χ4n) is 3.05. The average Bonchev–Trinajstić information content (AvgIpc) is 2.78. The van der Waals surface area contributed by atoms with Crippen LogP contribution in [0.15, 0.2) is 71.5 Å². The lowest BCUT2D eigenvalue weighted by molar-refractivity contribution is 0.0995. The maximum atomic E-state index is 11.2. The number of primary amides is 1. The highest BCUT2D eigenvalue weighted by Gasteiger charge is 2.05. The number of aryl methyl sites for hydroxylation is 1. The molecule has 0 saturated carbocycles. The van der Waals surface area contributed by atoms with Gasteiger partial charge in [0.2, 0.25) is 5.95 Å². The molecule has 0 atom stereocenters. The first-order chi connectivity index (χ1) is 15.1. The van der Waals surface area contributed by atoms with Crippen molar-refractivity contribution in [1.29, 1.82) is 0 Å². The van der Waals surface area contributed by atoms with Gasteiger partial charge in [0.15, 0.2) is 0 Å². The van der Waals surface area contributed by atoms with E-state index in [1.54, 1.807) is 18.5 Å². The lowest BCUT2D eigenvalue weighted by Crippen LogP contribution is -2.13. The second-order valence-corrected chi connectivity index (χ2v) is 7.83. The molecule has 2 heterocycles. The molecule has 7 nitrogen and oxygen atoms in total. The third-order valence-corrected chi connectivity index (χ3v) is 5.14. The van der Waals surface area contributed by atoms with Gasteiger partial charge in [-0.25, -0.2) is 9.97 Å². The molecular weight excluding hydrogens is 458 g/mol. The van der Waals surface area contributed by atoms with E-state index in [0.717, 1.165) is 45.2 Å². The Bertz CT molecular complexity index is 1210. The number of fused-ring (bicyclic) bond motifs is 1. The van der Waals surface area contributed by atoms with Gasteiger partial charge in [0.1, 0.15) is 11.4 Å². The van der Waals surface area contributed by atoms with Crippen molar-refractivity contribution in [2.75, 3.05) is 11.9 Å². The quantitative estimate of drug-likeness (QED) is 0.358. The molecule has 4 aromatic rings. The molecule has 0 fully saturated rings. The predicted octanol–water partition coefficient (Wildman–Crippen LogP) is 4.64. The second kappa shape index (κ2) is 9.53. The molecule has 0 unspecified atom stereocenters. The van der Waals surface area contributed by atoms with E-state index in [0.29, 0.717) is 12.6 Å². The molecule has 0 bridgehead atoms. The topological polar surface area (TPSA) is 103 Å². The molecule has 0 aliphatic rings. The molecule has 0 radical (unpaired) electrons. The number of nitrogens with two attached hydrogens (primary N) is 1. The van der Waals surface area contributed by atoms with Gasteiger partial charge in [0.05, 0.1) is 12.1 Å². The number of aromatic nitrogens is 3. The molecule has 1 amide bonds. The Hall–Kier alpha value is -3.52. The van der Waals surface area contributed by atoms with Gasteiger partial charge in [-0.1, -0.05) is 15.9 Å². The number of carbonyl (C=O) groups is 1. The number of rotatable bonds is 8. The van der Waals surface area contributed by atoms with Gasteiger partial charge in [0.25, 0.3) is 5.91 Å². The summed E-state index contributed by atoms with van der Waals surface area (Å²) in [6.45, 7) is 0.545. The van der Waals surface area contributed by atoms with E-state index in [9.17, 15) is 4.79 Å². The maximum absolute atomic E-state index is 11.2. The minimum absolute atomic E-state index is 0.280. The minimum atomic E-state index is -0.522. The van der Waals surface area contributed by atoms with Crippen LogP contribution in [0.1, 0.15) is 22.5 Å². The first-order valence-corrected chi connectivity index (χ1v) is 10.5. The zero-order chi connectivity index (χ0) is 21.6. The Balaban J connectivity index is 1.34. The number of anilines is 2. The number of hydrogen-bond acceptors (Lipinski definition) is 6. The molecule has 0 aliphatic carbocycles. The molecule has 4 rings (SSSR count). The number of ether oxygens (including phenoxy) is 1. The maximum Gasteiger partial charge on any atom is 0.267 e. The highest BCUT2D eigenvalue weighted by atomic mass is 79.9. The predicted molar refractivity (Wildman–Crippen MR) is 124 cm³/mol. The van der Waals surface area contributed by atoms with Gasteiger partial charge in [-0.05, 0) is 73.0 Å². The zero-order valence-corrected chi connectivity index (χ0v) is 18.2. The largest absolute Gasteiger partial charge is 0.494 e. The Kier molecular flexibility index (Phi) is 6.37. The zero-order valence-electron chi connectivity index (χ0n) is 16.6. The summed E-state index contributed by atoms with van der Waals surface area (Å²) >= 11 is 3.42. The molecule has 3 N–H and O–H groups in total. The lowest BCUT2D eigenvalue weighted by atomic mass is 10.1. The van der Waals surface area contributed by atoms with Gasteiger partial charge < -0.3 is 15.8 Å². The highest BCUT2D eigenvalue weighted by Crippen LogP contribution is 2.22. The fourth-order valence-corrected chi connectivity index (χ4v) is 3.32. The van der Waals surface area contributed by atoms with Gasteiger partial charge >= 0.3 is 0 Å². The Morgan fingerprint density at radius 2 is 1.90 bits per heavy atom. The van der Waals surface area contributed by atoms with E-state index < -0.39 is 5.91 Å². The molecule has 2 aromatic heterocycles. The SMILES string of the molecule is NC(=O)c1cc(CCCOc2ccc3nc(Nc4ccc(Br)cc4)ncc3c2)ccn1. The highest BCUT2D eigenvalue weighted by molar-refractivity contribution is 9.10. The van der Waals surface area contributed by atoms with Crippen LogP contribution in [0.25, 0.3) is 10.9 Å². The number of halogens is 1. The molecular formula is C23H20BrN5O2. The summed E-state index contributed by atoms with van der Waals surface area (Å²) < 4.78 is 6.88. The Labute approximate surface area is 187 Å². The number of benzene rings is 2. The van der Waals surface area contributed by atoms with E-state index >= 15 is 0 Å². The van der Waals surface area contributed by atoms with E-state index in [-0.39, 0.29) is 5.69 Å². The Morgan fingerprint density at radius 3 is 2.71 bits per heavy atom. The Morgan fingerprint density at radius 1 is 1.06 bits per heavy atom. The van der Waals surface area contributed by atoms with Crippen LogP contribution in [0.5, 0.6) is 5.75 Å². The van der Waals surface area contributed by atoms with Crippen LogP contribution in [0.4, 0.5) is 11.6 Å². The minimum Gasteiger partial charge on any atom is -0.494 e. The van der Waals surface area contributed by atoms with E-state index in [1.165, 1.54) is 0 Å². The summed E-state index contributed by atoms with van der Waals surface area (Å²) in [7, 11) is 0. The summed E-state index contributed by atoms with van der Waals surface area (Å²) in [6, 6.07) is 17.2. The summed E-state index contributed by atoms with van der Waals surface area (Å²) in [5.74, 6) is 0.778. The number of hydrogen-bond donors (Lipinski definition) is 2. The third kappa shape index (κ3) is 5.55. The van der Waals surface area contributed by atoms with Crippen LogP contribution in [-0.4, -0.2) is 27.5 Å². The smallest absolute Gasteiger partial charge is 0.267 e. The van der Waals surface area contributed by atoms with Crippen LogP contribution in [-0.2, 0) is 6.42 Å². The van der Waals surface area contributed by atoms with E-state index in [1.807, 2.05) is 48.5 Å². The van der Waals surface area contributed by atoms with Crippen molar-refractivity contribution in [3.63, 3.8) is 0 Å². The van der Waals surface area contributed by atoms with Gasteiger partial charge in [0, 0.05) is 27.9 Å². The molecule has 156 valence electrons. The number of nitrogens with one attached hydrogen (secondary N) is 1. The summed E-state index contributed by atoms with van der Waals surface area (Å²) in [5.41, 5.74) is 8.30. The van der Waals surface area contributed by atoms with Gasteiger partial charge in [-0.2, -0.15) is 0 Å². The van der Waals surface area contributed by atoms with Crippen molar-refractivity contribution < 1.29 is 9.53 Å². The van der Waals surface area contributed by atoms with Crippen LogP contribution >= 0.6 is 15.9 Å². The second-order valence-electron chi connectivity index (χ2n) is 6.91. The van der Waals surface area contributed by atoms with E-state index in [2.05, 4.69) is 36.2 Å². The van der Waals surface area contributed by atoms with Crippen LogP contribution < -0.4 is 15.8 Å². The number of nitrogens with zero attached hydrogens (tertiary/aromatic N) is 3. The third-order valence-electron chi connectivity index (χ3n) is 4.61. The number of amides is 1. The van der Waals surface area contributed by atoms with Crippen LogP contribution in [0.3, 0.4) is 0 Å². The molecule has 0 aliphatic heterocycles. The van der Waals surface area contributed by atoms with Crippen molar-refractivity contribution in [2.45, 2.75) is 12.8 Å². The van der Waals surface area contributed by atoms with Gasteiger partial charge in [-0.15, -0.1) is 0 Å². The number of carbonyl (C=O) groups excluding carboxylic acids is 1. The first-order valence-electron chi connectivity index (χ1n) is 9.74. The van der Waals surface area contributed by atoms with Gasteiger partial charge in [-0.3, -0.25) is 9.78 Å². The van der Waals surface area contributed by atoms with Crippen molar-refractivity contribution >= 4 is 44.4 Å². The van der Waals surface area contributed by atoms with Crippen LogP contribution in [0, 0.1) is 0 Å². The van der Waals surface area contributed by atoms with Crippen molar-refractivity contribution in [2.24, 2.45) is 5.73 Å². The number of pyridine rings is 1. The molecule has 2 aromatic carbocycles. The molecule has 31 heavy (non-hydrogen) atoms. The fraction of sp³-hybridized carbons (Fsp3) is 0.130. The van der Waals surface area contributed by atoms with Crippen molar-refractivity contribution in [3.05, 3.63) is 82.7 Å². The van der Waals surface area contributed by atoms with Crippen molar-refractivity contribution in [3.8, 4) is 5.75 Å². The summed E-state index contributed by atoms with van der Waals surface area (Å²) in [5, 5.41) is 4.10. The summed E-state index contributed by atoms with van der Waals surface area (Å²) in [6.07, 6.45) is 4.94. The average molecular weight is 478 g/mol.